The second kappa shape index (κ2) is 13.2. The van der Waals surface area contributed by atoms with E-state index in [0.29, 0.717) is 0 Å². The van der Waals surface area contributed by atoms with Crippen LogP contribution in [0.15, 0.2) is 18.2 Å². The number of aliphatic hydroxyl groups excluding tert-OH is 4. The molecule has 0 bridgehead atoms. The lowest BCUT2D eigenvalue weighted by Gasteiger charge is -2.02. The molecule has 0 radical (unpaired) electrons. The quantitative estimate of drug-likeness (QED) is 0.341. The van der Waals surface area contributed by atoms with Gasteiger partial charge in [0.15, 0.2) is 0 Å². The molecule has 10 heteroatoms. The number of carboxylic acid groups (broad SMARTS) is 3. The number of benzene rings is 1. The predicted octanol–water partition coefficient (Wildman–Crippen LogP) is -1.28. The largest absolute Gasteiger partial charge is 0.478 e. The number of carboxylic acids is 3. The summed E-state index contributed by atoms with van der Waals surface area (Å²) in [5, 5.41) is 56.4. The first kappa shape index (κ1) is 22.7. The molecule has 0 aromatic heterocycles. The van der Waals surface area contributed by atoms with Crippen molar-refractivity contribution in [3.8, 4) is 0 Å². The van der Waals surface area contributed by atoms with Gasteiger partial charge in [0.1, 0.15) is 0 Å². The van der Waals surface area contributed by atoms with Crippen molar-refractivity contribution in [2.45, 2.75) is 0 Å². The number of hydrogen-bond donors (Lipinski definition) is 7. The summed E-state index contributed by atoms with van der Waals surface area (Å²) in [5.74, 6) is -4.20. The molecule has 7 N–H and O–H groups in total. The SMILES string of the molecule is O=C(O)c1ccc(C(=O)O)c(C(=O)O)c1.OCCO.OCCO. The average molecular weight is 334 g/mol. The Kier molecular flexibility index (Phi) is 13.0. The normalized spacial score (nSPS) is 8.87. The fourth-order valence-electron chi connectivity index (χ4n) is 1.04. The third kappa shape index (κ3) is 9.92. The molecular formula is C13H18O10. The zero-order valence-corrected chi connectivity index (χ0v) is 11.9. The maximum absolute atomic E-state index is 10.6. The molecule has 0 unspecified atom stereocenters. The van der Waals surface area contributed by atoms with Crippen molar-refractivity contribution in [3.05, 3.63) is 34.9 Å². The Morgan fingerprint density at radius 3 is 1.30 bits per heavy atom. The molecule has 1 aromatic carbocycles. The van der Waals surface area contributed by atoms with Gasteiger partial charge in [-0.1, -0.05) is 0 Å². The zero-order valence-electron chi connectivity index (χ0n) is 11.9. The second-order valence-electron chi connectivity index (χ2n) is 3.57. The Balaban J connectivity index is 0. The Morgan fingerprint density at radius 1 is 0.652 bits per heavy atom. The van der Waals surface area contributed by atoms with Crippen molar-refractivity contribution in [2.75, 3.05) is 26.4 Å². The van der Waals surface area contributed by atoms with E-state index in [0.717, 1.165) is 18.2 Å². The summed E-state index contributed by atoms with van der Waals surface area (Å²) < 4.78 is 0. The number of hydrogen-bond acceptors (Lipinski definition) is 7. The van der Waals surface area contributed by atoms with E-state index in [4.69, 9.17) is 35.7 Å². The van der Waals surface area contributed by atoms with Crippen molar-refractivity contribution >= 4 is 17.9 Å². The summed E-state index contributed by atoms with van der Waals surface area (Å²) >= 11 is 0. The highest BCUT2D eigenvalue weighted by Crippen LogP contribution is 2.12. The molecule has 1 rings (SSSR count). The van der Waals surface area contributed by atoms with E-state index in [1.165, 1.54) is 0 Å². The van der Waals surface area contributed by atoms with Crippen LogP contribution in [0.2, 0.25) is 0 Å². The summed E-state index contributed by atoms with van der Waals surface area (Å²) in [6.07, 6.45) is 0. The molecule has 0 spiro atoms. The van der Waals surface area contributed by atoms with Crippen LogP contribution in [-0.2, 0) is 0 Å². The smallest absolute Gasteiger partial charge is 0.336 e. The number of aromatic carboxylic acids is 3. The molecular weight excluding hydrogens is 316 g/mol. The van der Waals surface area contributed by atoms with Gasteiger partial charge < -0.3 is 35.7 Å². The van der Waals surface area contributed by atoms with Gasteiger partial charge in [0.05, 0.1) is 43.1 Å². The average Bonchev–Trinajstić information content (AvgIpc) is 2.54. The molecule has 0 heterocycles. The summed E-state index contributed by atoms with van der Waals surface area (Å²) in [7, 11) is 0. The van der Waals surface area contributed by atoms with Gasteiger partial charge in [-0.25, -0.2) is 14.4 Å². The number of rotatable bonds is 5. The van der Waals surface area contributed by atoms with Crippen LogP contribution in [0.4, 0.5) is 0 Å². The molecule has 0 aliphatic rings. The predicted molar refractivity (Wildman–Crippen MR) is 75.7 cm³/mol. The van der Waals surface area contributed by atoms with Gasteiger partial charge in [-0.15, -0.1) is 0 Å². The minimum absolute atomic E-state index is 0.125. The Bertz CT molecular complexity index is 503. The van der Waals surface area contributed by atoms with Crippen LogP contribution in [-0.4, -0.2) is 80.1 Å². The van der Waals surface area contributed by atoms with Crippen LogP contribution in [0.1, 0.15) is 31.1 Å². The van der Waals surface area contributed by atoms with Crippen molar-refractivity contribution in [2.24, 2.45) is 0 Å². The highest BCUT2D eigenvalue weighted by Gasteiger charge is 2.17. The molecule has 23 heavy (non-hydrogen) atoms. The van der Waals surface area contributed by atoms with Gasteiger partial charge in [0.25, 0.3) is 0 Å². The first-order valence-corrected chi connectivity index (χ1v) is 6.04. The van der Waals surface area contributed by atoms with E-state index in [1.54, 1.807) is 0 Å². The monoisotopic (exact) mass is 334 g/mol. The minimum Gasteiger partial charge on any atom is -0.478 e. The lowest BCUT2D eigenvalue weighted by atomic mass is 10.0. The third-order valence-electron chi connectivity index (χ3n) is 1.93. The lowest BCUT2D eigenvalue weighted by Crippen LogP contribution is -2.10. The highest BCUT2D eigenvalue weighted by molar-refractivity contribution is 6.03. The molecule has 10 nitrogen and oxygen atoms in total. The summed E-state index contributed by atoms with van der Waals surface area (Å²) in [4.78, 5) is 31.8. The minimum atomic E-state index is -1.48. The summed E-state index contributed by atoms with van der Waals surface area (Å²) in [6, 6.07) is 2.81. The maximum Gasteiger partial charge on any atom is 0.336 e. The van der Waals surface area contributed by atoms with Gasteiger partial charge >= 0.3 is 17.9 Å². The Labute approximate surface area is 130 Å². The van der Waals surface area contributed by atoms with E-state index >= 15 is 0 Å². The summed E-state index contributed by atoms with van der Waals surface area (Å²) in [6.45, 7) is -0.500. The molecule has 130 valence electrons. The van der Waals surface area contributed by atoms with E-state index < -0.39 is 29.0 Å². The number of aliphatic hydroxyl groups is 4. The standard InChI is InChI=1S/C9H6O6.2C2H6O2/c10-7(11)4-1-2-5(8(12)13)6(3-4)9(14)15;2*3-1-2-4/h1-3H,(H,10,11)(H,12,13)(H,14,15);2*3-4H,1-2H2. The molecule has 0 atom stereocenters. The van der Waals surface area contributed by atoms with E-state index in [9.17, 15) is 14.4 Å². The van der Waals surface area contributed by atoms with Gasteiger partial charge in [0, 0.05) is 0 Å². The topological polar surface area (TPSA) is 193 Å². The van der Waals surface area contributed by atoms with Gasteiger partial charge in [-0.2, -0.15) is 0 Å². The van der Waals surface area contributed by atoms with Crippen molar-refractivity contribution < 1.29 is 50.1 Å². The Morgan fingerprint density at radius 2 is 1.04 bits per heavy atom. The van der Waals surface area contributed by atoms with E-state index in [-0.39, 0.29) is 32.0 Å². The van der Waals surface area contributed by atoms with Crippen LogP contribution in [0, 0.1) is 0 Å². The fraction of sp³-hybridized carbons (Fsp3) is 0.308. The molecule has 1 aromatic rings. The van der Waals surface area contributed by atoms with E-state index in [2.05, 4.69) is 0 Å². The summed E-state index contributed by atoms with van der Waals surface area (Å²) in [5.41, 5.74) is -1.24. The first-order valence-electron chi connectivity index (χ1n) is 6.04. The van der Waals surface area contributed by atoms with E-state index in [1.807, 2.05) is 0 Å². The van der Waals surface area contributed by atoms with Gasteiger partial charge in [-0.3, -0.25) is 0 Å². The molecule has 0 aliphatic heterocycles. The highest BCUT2D eigenvalue weighted by atomic mass is 16.4. The molecule has 0 amide bonds. The van der Waals surface area contributed by atoms with Crippen LogP contribution >= 0.6 is 0 Å². The molecule has 0 saturated carbocycles. The molecule has 0 saturated heterocycles. The van der Waals surface area contributed by atoms with Crippen molar-refractivity contribution in [1.82, 2.24) is 0 Å². The van der Waals surface area contributed by atoms with Crippen LogP contribution in [0.3, 0.4) is 0 Å². The zero-order chi connectivity index (χ0) is 18.4. The third-order valence-corrected chi connectivity index (χ3v) is 1.93. The van der Waals surface area contributed by atoms with Crippen LogP contribution in [0.5, 0.6) is 0 Å². The van der Waals surface area contributed by atoms with Crippen LogP contribution in [0.25, 0.3) is 0 Å². The first-order chi connectivity index (χ1) is 10.8. The fourth-order valence-corrected chi connectivity index (χ4v) is 1.04. The van der Waals surface area contributed by atoms with Crippen molar-refractivity contribution in [1.29, 1.82) is 0 Å². The molecule has 0 fully saturated rings. The number of carbonyl (C=O) groups is 3. The lowest BCUT2D eigenvalue weighted by molar-refractivity contribution is 0.0649. The van der Waals surface area contributed by atoms with Crippen LogP contribution < -0.4 is 0 Å². The second-order valence-corrected chi connectivity index (χ2v) is 3.57. The van der Waals surface area contributed by atoms with Crippen molar-refractivity contribution in [3.63, 3.8) is 0 Å². The maximum atomic E-state index is 10.6. The van der Waals surface area contributed by atoms with Gasteiger partial charge in [0.2, 0.25) is 0 Å². The Hall–Kier alpha value is -2.53. The molecule has 0 aliphatic carbocycles. The van der Waals surface area contributed by atoms with Gasteiger partial charge in [-0.05, 0) is 18.2 Å².